The summed E-state index contributed by atoms with van der Waals surface area (Å²) in [7, 11) is 0. The van der Waals surface area contributed by atoms with Crippen molar-refractivity contribution >= 4 is 18.3 Å². The highest BCUT2D eigenvalue weighted by molar-refractivity contribution is 5.85. The van der Waals surface area contributed by atoms with E-state index in [-0.39, 0.29) is 24.4 Å². The van der Waals surface area contributed by atoms with Crippen LogP contribution >= 0.6 is 12.4 Å². The van der Waals surface area contributed by atoms with Crippen molar-refractivity contribution in [1.82, 2.24) is 4.90 Å². The second kappa shape index (κ2) is 8.39. The van der Waals surface area contributed by atoms with Gasteiger partial charge in [0.2, 0.25) is 0 Å². The number of hydrogen-bond donors (Lipinski definition) is 1. The molecule has 1 amide bonds. The van der Waals surface area contributed by atoms with Gasteiger partial charge in [-0.2, -0.15) is 0 Å². The molecule has 5 heteroatoms. The summed E-state index contributed by atoms with van der Waals surface area (Å²) in [6.07, 6.45) is 1.12. The summed E-state index contributed by atoms with van der Waals surface area (Å²) in [6, 6.07) is 8.06. The Bertz CT molecular complexity index is 493. The Morgan fingerprint density at radius 2 is 2.09 bits per heavy atom. The van der Waals surface area contributed by atoms with Crippen molar-refractivity contribution in [3.63, 3.8) is 0 Å². The van der Waals surface area contributed by atoms with Crippen LogP contribution in [0, 0.1) is 0 Å². The lowest BCUT2D eigenvalue weighted by Crippen LogP contribution is -2.41. The molecule has 0 saturated carbocycles. The molecular formula is C17H27ClN2O2. The number of rotatable bonds is 5. The quantitative estimate of drug-likeness (QED) is 0.905. The predicted molar refractivity (Wildman–Crippen MR) is 91.7 cm³/mol. The maximum Gasteiger partial charge on any atom is 0.263 e. The smallest absolute Gasteiger partial charge is 0.263 e. The van der Waals surface area contributed by atoms with Crippen molar-refractivity contribution in [1.29, 1.82) is 0 Å². The zero-order chi connectivity index (χ0) is 15.4. The molecule has 4 nitrogen and oxygen atoms in total. The standard InChI is InChI=1S/C17H26N2O2.ClH/c1-4-15(17(20)19-10-9-13(18)11-19)21-16-8-6-5-7-14(16)12(2)3;/h5-8,12-13,15H,4,9-11,18H2,1-3H3;1H. The molecule has 1 aliphatic heterocycles. The zero-order valence-electron chi connectivity index (χ0n) is 13.6. The molecule has 1 aromatic rings. The van der Waals surface area contributed by atoms with E-state index in [1.54, 1.807) is 0 Å². The number of nitrogens with zero attached hydrogens (tertiary/aromatic N) is 1. The molecule has 0 aromatic heterocycles. The van der Waals surface area contributed by atoms with Crippen molar-refractivity contribution in [2.45, 2.75) is 51.7 Å². The monoisotopic (exact) mass is 326 g/mol. The maximum atomic E-state index is 12.6. The van der Waals surface area contributed by atoms with Crippen LogP contribution in [-0.2, 0) is 4.79 Å². The Balaban J connectivity index is 0.00000242. The summed E-state index contributed by atoms with van der Waals surface area (Å²) in [5.74, 6) is 1.24. The van der Waals surface area contributed by atoms with Gasteiger partial charge in [-0.25, -0.2) is 0 Å². The molecule has 2 N–H and O–H groups in total. The lowest BCUT2D eigenvalue weighted by molar-refractivity contribution is -0.137. The molecular weight excluding hydrogens is 300 g/mol. The second-order valence-corrected chi connectivity index (χ2v) is 6.04. The molecule has 2 atom stereocenters. The molecule has 0 radical (unpaired) electrons. The first kappa shape index (κ1) is 18.8. The fraction of sp³-hybridized carbons (Fsp3) is 0.588. The first-order chi connectivity index (χ1) is 10.0. The fourth-order valence-electron chi connectivity index (χ4n) is 2.72. The number of amides is 1. The molecule has 0 aliphatic carbocycles. The maximum absolute atomic E-state index is 12.6. The fourth-order valence-corrected chi connectivity index (χ4v) is 2.72. The van der Waals surface area contributed by atoms with Gasteiger partial charge in [-0.15, -0.1) is 12.4 Å². The Morgan fingerprint density at radius 1 is 1.41 bits per heavy atom. The van der Waals surface area contributed by atoms with E-state index < -0.39 is 6.10 Å². The summed E-state index contributed by atoms with van der Waals surface area (Å²) in [5, 5.41) is 0. The minimum absolute atomic E-state index is 0. The summed E-state index contributed by atoms with van der Waals surface area (Å²) >= 11 is 0. The van der Waals surface area contributed by atoms with Crippen LogP contribution in [0.25, 0.3) is 0 Å². The Kier molecular flexibility index (Phi) is 7.17. The zero-order valence-corrected chi connectivity index (χ0v) is 14.4. The van der Waals surface area contributed by atoms with Crippen molar-refractivity contribution in [3.05, 3.63) is 29.8 Å². The normalized spacial score (nSPS) is 19.0. The van der Waals surface area contributed by atoms with Crippen molar-refractivity contribution in [2.75, 3.05) is 13.1 Å². The molecule has 2 rings (SSSR count). The number of para-hydroxylation sites is 1. The van der Waals surface area contributed by atoms with Gasteiger partial charge in [0.05, 0.1) is 0 Å². The molecule has 2 unspecified atom stereocenters. The largest absolute Gasteiger partial charge is 0.480 e. The lowest BCUT2D eigenvalue weighted by atomic mass is 10.0. The van der Waals surface area contributed by atoms with E-state index in [4.69, 9.17) is 10.5 Å². The van der Waals surface area contributed by atoms with E-state index in [0.717, 1.165) is 24.3 Å². The van der Waals surface area contributed by atoms with Crippen LogP contribution in [-0.4, -0.2) is 36.0 Å². The first-order valence-corrected chi connectivity index (χ1v) is 7.82. The molecule has 0 spiro atoms. The topological polar surface area (TPSA) is 55.6 Å². The van der Waals surface area contributed by atoms with Gasteiger partial charge in [-0.1, -0.05) is 39.0 Å². The van der Waals surface area contributed by atoms with Crippen LogP contribution in [0.3, 0.4) is 0 Å². The van der Waals surface area contributed by atoms with Gasteiger partial charge < -0.3 is 15.4 Å². The van der Waals surface area contributed by atoms with E-state index in [2.05, 4.69) is 19.9 Å². The van der Waals surface area contributed by atoms with E-state index in [1.807, 2.05) is 30.0 Å². The average Bonchev–Trinajstić information content (AvgIpc) is 2.91. The summed E-state index contributed by atoms with van der Waals surface area (Å²) < 4.78 is 6.03. The molecule has 1 aromatic carbocycles. The predicted octanol–water partition coefficient (Wildman–Crippen LogP) is 2.95. The van der Waals surface area contributed by atoms with Crippen molar-refractivity contribution in [2.24, 2.45) is 5.73 Å². The van der Waals surface area contributed by atoms with Crippen LogP contribution in [0.5, 0.6) is 5.75 Å². The average molecular weight is 327 g/mol. The van der Waals surface area contributed by atoms with Gasteiger partial charge >= 0.3 is 0 Å². The second-order valence-electron chi connectivity index (χ2n) is 6.04. The van der Waals surface area contributed by atoms with Crippen LogP contribution in [0.1, 0.15) is 45.1 Å². The molecule has 124 valence electrons. The molecule has 1 heterocycles. The van der Waals surface area contributed by atoms with Crippen LogP contribution in [0.4, 0.5) is 0 Å². The number of hydrogen-bond acceptors (Lipinski definition) is 3. The van der Waals surface area contributed by atoms with Gasteiger partial charge in [0.1, 0.15) is 5.75 Å². The number of ether oxygens (including phenoxy) is 1. The Hall–Kier alpha value is -1.26. The highest BCUT2D eigenvalue weighted by Gasteiger charge is 2.30. The molecule has 1 saturated heterocycles. The van der Waals surface area contributed by atoms with Gasteiger partial charge in [0, 0.05) is 19.1 Å². The number of nitrogens with two attached hydrogens (primary N) is 1. The molecule has 1 aliphatic rings. The molecule has 0 bridgehead atoms. The van der Waals surface area contributed by atoms with Crippen molar-refractivity contribution in [3.8, 4) is 5.75 Å². The third-order valence-electron chi connectivity index (χ3n) is 3.99. The number of likely N-dealkylation sites (tertiary alicyclic amines) is 1. The summed E-state index contributed by atoms with van der Waals surface area (Å²) in [4.78, 5) is 14.4. The van der Waals surface area contributed by atoms with Crippen LogP contribution in [0.15, 0.2) is 24.3 Å². The van der Waals surface area contributed by atoms with Gasteiger partial charge in [0.25, 0.3) is 5.91 Å². The number of halogens is 1. The lowest BCUT2D eigenvalue weighted by Gasteiger charge is -2.25. The molecule has 22 heavy (non-hydrogen) atoms. The first-order valence-electron chi connectivity index (χ1n) is 7.82. The summed E-state index contributed by atoms with van der Waals surface area (Å²) in [5.41, 5.74) is 7.03. The minimum Gasteiger partial charge on any atom is -0.480 e. The Morgan fingerprint density at radius 3 is 2.64 bits per heavy atom. The number of carbonyl (C=O) groups excluding carboxylic acids is 1. The van der Waals surface area contributed by atoms with E-state index in [0.29, 0.717) is 18.9 Å². The van der Waals surface area contributed by atoms with E-state index in [1.165, 1.54) is 0 Å². The third-order valence-corrected chi connectivity index (χ3v) is 3.99. The number of benzene rings is 1. The highest BCUT2D eigenvalue weighted by Crippen LogP contribution is 2.27. The molecule has 1 fully saturated rings. The highest BCUT2D eigenvalue weighted by atomic mass is 35.5. The number of carbonyl (C=O) groups is 1. The van der Waals surface area contributed by atoms with Gasteiger partial charge in [0.15, 0.2) is 6.10 Å². The van der Waals surface area contributed by atoms with E-state index in [9.17, 15) is 4.79 Å². The minimum atomic E-state index is -0.421. The van der Waals surface area contributed by atoms with Gasteiger partial charge in [-0.3, -0.25) is 4.79 Å². The summed E-state index contributed by atoms with van der Waals surface area (Å²) in [6.45, 7) is 7.63. The Labute approximate surface area is 139 Å². The van der Waals surface area contributed by atoms with Crippen LogP contribution < -0.4 is 10.5 Å². The SMILES string of the molecule is CCC(Oc1ccccc1C(C)C)C(=O)N1CCC(N)C1.Cl. The van der Waals surface area contributed by atoms with Crippen LogP contribution in [0.2, 0.25) is 0 Å². The van der Waals surface area contributed by atoms with Crippen molar-refractivity contribution < 1.29 is 9.53 Å². The van der Waals surface area contributed by atoms with Gasteiger partial charge in [-0.05, 0) is 30.4 Å². The van der Waals surface area contributed by atoms with E-state index >= 15 is 0 Å². The third kappa shape index (κ3) is 4.37.